The second kappa shape index (κ2) is 8.03. The van der Waals surface area contributed by atoms with Crippen LogP contribution >= 0.6 is 0 Å². The van der Waals surface area contributed by atoms with Gasteiger partial charge in [-0.2, -0.15) is 0 Å². The first kappa shape index (κ1) is 14.9. The SMILES string of the molecule is CCOC(CN1CCC(N(C)C)CC1)OCC. The fourth-order valence-electron chi connectivity index (χ4n) is 2.35. The van der Waals surface area contributed by atoms with Crippen LogP contribution < -0.4 is 0 Å². The molecule has 1 saturated heterocycles. The fourth-order valence-corrected chi connectivity index (χ4v) is 2.35. The van der Waals surface area contributed by atoms with E-state index in [0.29, 0.717) is 0 Å². The molecule has 0 radical (unpaired) electrons. The Morgan fingerprint density at radius 2 is 1.65 bits per heavy atom. The molecule has 0 amide bonds. The predicted molar refractivity (Wildman–Crippen MR) is 70.2 cm³/mol. The lowest BCUT2D eigenvalue weighted by Gasteiger charge is -2.36. The summed E-state index contributed by atoms with van der Waals surface area (Å²) in [6.45, 7) is 8.69. The molecule has 0 aromatic carbocycles. The number of piperidine rings is 1. The molecule has 0 aromatic rings. The van der Waals surface area contributed by atoms with Gasteiger partial charge in [0.15, 0.2) is 6.29 Å². The molecule has 0 spiro atoms. The van der Waals surface area contributed by atoms with Gasteiger partial charge in [0.1, 0.15) is 0 Å². The summed E-state index contributed by atoms with van der Waals surface area (Å²) in [5, 5.41) is 0. The maximum atomic E-state index is 5.59. The van der Waals surface area contributed by atoms with Crippen LogP contribution in [0, 0.1) is 0 Å². The van der Waals surface area contributed by atoms with Crippen molar-refractivity contribution in [1.29, 1.82) is 0 Å². The quantitative estimate of drug-likeness (QED) is 0.632. The topological polar surface area (TPSA) is 24.9 Å². The maximum absolute atomic E-state index is 5.59. The number of rotatable bonds is 7. The van der Waals surface area contributed by atoms with Gasteiger partial charge in [-0.25, -0.2) is 0 Å². The highest BCUT2D eigenvalue weighted by molar-refractivity contribution is 4.77. The second-order valence-corrected chi connectivity index (χ2v) is 4.84. The predicted octanol–water partition coefficient (Wildman–Crippen LogP) is 1.41. The molecule has 0 N–H and O–H groups in total. The van der Waals surface area contributed by atoms with Crippen LogP contribution in [-0.2, 0) is 9.47 Å². The van der Waals surface area contributed by atoms with Crippen molar-refractivity contribution >= 4 is 0 Å². The molecule has 4 nitrogen and oxygen atoms in total. The lowest BCUT2D eigenvalue weighted by atomic mass is 10.0. The van der Waals surface area contributed by atoms with Gasteiger partial charge in [-0.05, 0) is 53.9 Å². The Morgan fingerprint density at radius 3 is 2.06 bits per heavy atom. The van der Waals surface area contributed by atoms with E-state index in [9.17, 15) is 0 Å². The fraction of sp³-hybridized carbons (Fsp3) is 1.00. The summed E-state index contributed by atoms with van der Waals surface area (Å²) >= 11 is 0. The second-order valence-electron chi connectivity index (χ2n) is 4.84. The molecule has 102 valence electrons. The summed E-state index contributed by atoms with van der Waals surface area (Å²) < 4.78 is 11.2. The monoisotopic (exact) mass is 244 g/mol. The number of nitrogens with zero attached hydrogens (tertiary/aromatic N) is 2. The van der Waals surface area contributed by atoms with E-state index in [2.05, 4.69) is 23.9 Å². The lowest BCUT2D eigenvalue weighted by Crippen LogP contribution is -2.45. The Bertz CT molecular complexity index is 186. The van der Waals surface area contributed by atoms with Crippen LogP contribution in [0.4, 0.5) is 0 Å². The Hall–Kier alpha value is -0.160. The largest absolute Gasteiger partial charge is 0.352 e. The molecule has 0 atom stereocenters. The summed E-state index contributed by atoms with van der Waals surface area (Å²) in [6.07, 6.45) is 2.44. The van der Waals surface area contributed by atoms with E-state index in [0.717, 1.165) is 38.9 Å². The standard InChI is InChI=1S/C13H28N2O2/c1-5-16-13(17-6-2)11-15-9-7-12(8-10-15)14(3)4/h12-13H,5-11H2,1-4H3. The van der Waals surface area contributed by atoms with E-state index >= 15 is 0 Å². The van der Waals surface area contributed by atoms with Crippen molar-refractivity contribution in [2.75, 3.05) is 46.9 Å². The molecule has 0 aromatic heterocycles. The highest BCUT2D eigenvalue weighted by atomic mass is 16.7. The van der Waals surface area contributed by atoms with Gasteiger partial charge in [0, 0.05) is 25.8 Å². The molecule has 1 fully saturated rings. The highest BCUT2D eigenvalue weighted by Gasteiger charge is 2.22. The summed E-state index contributed by atoms with van der Waals surface area (Å²) in [5.41, 5.74) is 0. The first-order valence-electron chi connectivity index (χ1n) is 6.79. The van der Waals surface area contributed by atoms with E-state index in [1.54, 1.807) is 0 Å². The molecule has 1 aliphatic heterocycles. The number of likely N-dealkylation sites (tertiary alicyclic amines) is 1. The van der Waals surface area contributed by atoms with Crippen LogP contribution in [0.2, 0.25) is 0 Å². The van der Waals surface area contributed by atoms with Crippen molar-refractivity contribution < 1.29 is 9.47 Å². The van der Waals surface area contributed by atoms with Crippen molar-refractivity contribution in [3.8, 4) is 0 Å². The minimum absolute atomic E-state index is 0.0547. The minimum Gasteiger partial charge on any atom is -0.352 e. The molecule has 1 rings (SSSR count). The Labute approximate surface area is 106 Å². The average Bonchev–Trinajstić information content (AvgIpc) is 2.30. The van der Waals surface area contributed by atoms with Crippen LogP contribution in [-0.4, -0.2) is 69.1 Å². The van der Waals surface area contributed by atoms with E-state index in [-0.39, 0.29) is 6.29 Å². The summed E-state index contributed by atoms with van der Waals surface area (Å²) in [4.78, 5) is 4.79. The number of ether oxygens (including phenoxy) is 2. The van der Waals surface area contributed by atoms with Crippen LogP contribution in [0.3, 0.4) is 0 Å². The first-order chi connectivity index (χ1) is 8.17. The van der Waals surface area contributed by atoms with Gasteiger partial charge in [0.05, 0.1) is 0 Å². The molecule has 0 aliphatic carbocycles. The van der Waals surface area contributed by atoms with Crippen molar-refractivity contribution in [3.05, 3.63) is 0 Å². The summed E-state index contributed by atoms with van der Waals surface area (Å²) in [6, 6.07) is 0.740. The molecule has 4 heteroatoms. The Morgan fingerprint density at radius 1 is 1.12 bits per heavy atom. The Kier molecular flexibility index (Phi) is 7.04. The summed E-state index contributed by atoms with van der Waals surface area (Å²) in [7, 11) is 4.34. The molecule has 1 aliphatic rings. The highest BCUT2D eigenvalue weighted by Crippen LogP contribution is 2.15. The number of hydrogen-bond acceptors (Lipinski definition) is 4. The van der Waals surface area contributed by atoms with Crippen LogP contribution in [0.1, 0.15) is 26.7 Å². The van der Waals surface area contributed by atoms with Gasteiger partial charge < -0.3 is 14.4 Å². The maximum Gasteiger partial charge on any atom is 0.170 e. The van der Waals surface area contributed by atoms with Gasteiger partial charge in [-0.15, -0.1) is 0 Å². The van der Waals surface area contributed by atoms with E-state index < -0.39 is 0 Å². The third-order valence-electron chi connectivity index (χ3n) is 3.40. The molecule has 0 bridgehead atoms. The van der Waals surface area contributed by atoms with Crippen LogP contribution in [0.25, 0.3) is 0 Å². The van der Waals surface area contributed by atoms with Crippen molar-refractivity contribution in [3.63, 3.8) is 0 Å². The van der Waals surface area contributed by atoms with Crippen LogP contribution in [0.5, 0.6) is 0 Å². The van der Waals surface area contributed by atoms with Crippen molar-refractivity contribution in [2.24, 2.45) is 0 Å². The summed E-state index contributed by atoms with van der Waals surface area (Å²) in [5.74, 6) is 0. The minimum atomic E-state index is -0.0547. The third kappa shape index (κ3) is 5.34. The molecule has 1 heterocycles. The van der Waals surface area contributed by atoms with E-state index in [4.69, 9.17) is 9.47 Å². The van der Waals surface area contributed by atoms with Crippen LogP contribution in [0.15, 0.2) is 0 Å². The zero-order valence-electron chi connectivity index (χ0n) is 11.8. The normalized spacial score (nSPS) is 19.4. The van der Waals surface area contributed by atoms with Gasteiger partial charge in [0.25, 0.3) is 0 Å². The van der Waals surface area contributed by atoms with Crippen molar-refractivity contribution in [2.45, 2.75) is 39.0 Å². The molecular weight excluding hydrogens is 216 g/mol. The lowest BCUT2D eigenvalue weighted by molar-refractivity contribution is -0.149. The molecule has 17 heavy (non-hydrogen) atoms. The zero-order valence-corrected chi connectivity index (χ0v) is 11.8. The number of hydrogen-bond donors (Lipinski definition) is 0. The third-order valence-corrected chi connectivity index (χ3v) is 3.40. The molecule has 0 unspecified atom stereocenters. The van der Waals surface area contributed by atoms with Gasteiger partial charge in [0.2, 0.25) is 0 Å². The van der Waals surface area contributed by atoms with Gasteiger partial charge in [-0.1, -0.05) is 0 Å². The van der Waals surface area contributed by atoms with Gasteiger partial charge >= 0.3 is 0 Å². The van der Waals surface area contributed by atoms with E-state index in [1.165, 1.54) is 12.8 Å². The first-order valence-corrected chi connectivity index (χ1v) is 6.79. The van der Waals surface area contributed by atoms with Gasteiger partial charge in [-0.3, -0.25) is 4.90 Å². The van der Waals surface area contributed by atoms with Crippen molar-refractivity contribution in [1.82, 2.24) is 9.80 Å². The average molecular weight is 244 g/mol. The Balaban J connectivity index is 2.27. The smallest absolute Gasteiger partial charge is 0.170 e. The molecule has 0 saturated carbocycles. The molecular formula is C13H28N2O2. The zero-order chi connectivity index (χ0) is 12.7. The van der Waals surface area contributed by atoms with E-state index in [1.807, 2.05) is 13.8 Å².